The molecule has 0 radical (unpaired) electrons. The molecule has 1 aliphatic rings. The van der Waals surface area contributed by atoms with Crippen molar-refractivity contribution in [1.29, 1.82) is 0 Å². The van der Waals surface area contributed by atoms with Crippen molar-refractivity contribution in [1.82, 2.24) is 9.97 Å². The van der Waals surface area contributed by atoms with E-state index < -0.39 is 0 Å². The van der Waals surface area contributed by atoms with E-state index in [2.05, 4.69) is 32.0 Å². The van der Waals surface area contributed by atoms with E-state index in [0.717, 1.165) is 39.2 Å². The Morgan fingerprint density at radius 1 is 1.14 bits per heavy atom. The molecule has 2 heterocycles. The first-order chi connectivity index (χ1) is 10.7. The van der Waals surface area contributed by atoms with Gasteiger partial charge in [0, 0.05) is 22.0 Å². The van der Waals surface area contributed by atoms with Crippen LogP contribution in [0, 0.1) is 4.64 Å². The van der Waals surface area contributed by atoms with Crippen molar-refractivity contribution in [2.45, 2.75) is 6.42 Å². The third-order valence-electron chi connectivity index (χ3n) is 3.63. The highest BCUT2D eigenvalue weighted by Crippen LogP contribution is 2.37. The molecule has 1 aromatic heterocycles. The minimum atomic E-state index is 0.582. The maximum absolute atomic E-state index is 5.99. The molecule has 0 amide bonds. The average molecular weight is 371 g/mol. The molecule has 2 aromatic carbocycles. The lowest BCUT2D eigenvalue weighted by Crippen LogP contribution is -2.07. The van der Waals surface area contributed by atoms with Crippen LogP contribution in [0.4, 0.5) is 0 Å². The van der Waals surface area contributed by atoms with E-state index in [1.807, 2.05) is 42.5 Å². The highest BCUT2D eigenvalue weighted by Gasteiger charge is 2.20. The minimum Gasteiger partial charge on any atom is -0.440 e. The van der Waals surface area contributed by atoms with Gasteiger partial charge in [0.15, 0.2) is 0 Å². The minimum absolute atomic E-state index is 0.582. The number of halogens is 1. The van der Waals surface area contributed by atoms with E-state index in [-0.39, 0.29) is 0 Å². The molecular formula is C17H11BrN2OS. The van der Waals surface area contributed by atoms with E-state index in [1.165, 1.54) is 0 Å². The molecule has 5 heteroatoms. The van der Waals surface area contributed by atoms with Crippen LogP contribution in [0.15, 0.2) is 53.0 Å². The van der Waals surface area contributed by atoms with Gasteiger partial charge in [-0.2, -0.15) is 0 Å². The summed E-state index contributed by atoms with van der Waals surface area (Å²) in [5.41, 5.74) is 3.03. The maximum atomic E-state index is 5.99. The summed E-state index contributed by atoms with van der Waals surface area (Å²) in [6.45, 7) is 0. The zero-order chi connectivity index (χ0) is 15.1. The Bertz CT molecular complexity index is 922. The molecular weight excluding hydrogens is 360 g/mol. The van der Waals surface area contributed by atoms with Crippen LogP contribution < -0.4 is 4.74 Å². The van der Waals surface area contributed by atoms with Crippen molar-refractivity contribution in [3.8, 4) is 23.0 Å². The fraction of sp³-hybridized carbons (Fsp3) is 0.0588. The number of fused-ring (bicyclic) bond motifs is 2. The summed E-state index contributed by atoms with van der Waals surface area (Å²) in [7, 11) is 0. The van der Waals surface area contributed by atoms with Crippen molar-refractivity contribution in [2.24, 2.45) is 0 Å². The topological polar surface area (TPSA) is 37.9 Å². The molecule has 0 aliphatic carbocycles. The Labute approximate surface area is 141 Å². The molecule has 1 N–H and O–H groups in total. The van der Waals surface area contributed by atoms with Crippen LogP contribution in [0.5, 0.6) is 11.6 Å². The van der Waals surface area contributed by atoms with Crippen molar-refractivity contribution in [3.63, 3.8) is 0 Å². The predicted molar refractivity (Wildman–Crippen MR) is 91.9 cm³/mol. The van der Waals surface area contributed by atoms with E-state index in [0.29, 0.717) is 10.5 Å². The summed E-state index contributed by atoms with van der Waals surface area (Å²) in [4.78, 5) is 7.79. The largest absolute Gasteiger partial charge is 0.440 e. The maximum Gasteiger partial charge on any atom is 0.205 e. The van der Waals surface area contributed by atoms with Gasteiger partial charge in [-0.15, -0.1) is 0 Å². The second kappa shape index (κ2) is 5.34. The lowest BCUT2D eigenvalue weighted by Gasteiger charge is -2.20. The van der Waals surface area contributed by atoms with Crippen LogP contribution in [0.3, 0.4) is 0 Å². The predicted octanol–water partition coefficient (Wildman–Crippen LogP) is 5.27. The molecule has 0 spiro atoms. The van der Waals surface area contributed by atoms with Crippen molar-refractivity contribution in [3.05, 3.63) is 68.8 Å². The number of aromatic amines is 1. The second-order valence-electron chi connectivity index (χ2n) is 5.10. The van der Waals surface area contributed by atoms with Crippen LogP contribution in [-0.4, -0.2) is 9.97 Å². The Hall–Kier alpha value is -1.98. The van der Waals surface area contributed by atoms with Crippen LogP contribution in [-0.2, 0) is 6.42 Å². The Morgan fingerprint density at radius 3 is 2.77 bits per heavy atom. The van der Waals surface area contributed by atoms with Gasteiger partial charge in [-0.1, -0.05) is 58.5 Å². The number of ether oxygens (including phenoxy) is 1. The van der Waals surface area contributed by atoms with Gasteiger partial charge in [-0.25, -0.2) is 4.98 Å². The zero-order valence-electron chi connectivity index (χ0n) is 11.5. The van der Waals surface area contributed by atoms with Crippen molar-refractivity contribution >= 4 is 28.1 Å². The van der Waals surface area contributed by atoms with Crippen molar-refractivity contribution in [2.75, 3.05) is 0 Å². The van der Waals surface area contributed by atoms with Gasteiger partial charge in [0.2, 0.25) is 5.88 Å². The molecule has 0 saturated heterocycles. The van der Waals surface area contributed by atoms with Crippen LogP contribution in [0.1, 0.15) is 11.1 Å². The highest BCUT2D eigenvalue weighted by atomic mass is 79.9. The third kappa shape index (κ3) is 2.36. The fourth-order valence-electron chi connectivity index (χ4n) is 2.54. The monoisotopic (exact) mass is 370 g/mol. The van der Waals surface area contributed by atoms with E-state index in [1.54, 1.807) is 0 Å². The van der Waals surface area contributed by atoms with E-state index >= 15 is 0 Å². The van der Waals surface area contributed by atoms with Gasteiger partial charge in [0.05, 0.1) is 5.56 Å². The number of nitrogens with zero attached hydrogens (tertiary/aromatic N) is 1. The molecule has 22 heavy (non-hydrogen) atoms. The van der Waals surface area contributed by atoms with Gasteiger partial charge in [-0.3, -0.25) is 0 Å². The van der Waals surface area contributed by atoms with Gasteiger partial charge < -0.3 is 9.72 Å². The van der Waals surface area contributed by atoms with Crippen LogP contribution in [0.25, 0.3) is 11.4 Å². The molecule has 3 aromatic rings. The summed E-state index contributed by atoms with van der Waals surface area (Å²) in [5, 5.41) is 0. The zero-order valence-corrected chi connectivity index (χ0v) is 13.9. The summed E-state index contributed by atoms with van der Waals surface area (Å²) >= 11 is 8.95. The van der Waals surface area contributed by atoms with Crippen LogP contribution >= 0.6 is 28.1 Å². The summed E-state index contributed by atoms with van der Waals surface area (Å²) < 4.78 is 7.60. The number of benzene rings is 2. The molecule has 0 saturated carbocycles. The number of rotatable bonds is 1. The summed E-state index contributed by atoms with van der Waals surface area (Å²) in [6, 6.07) is 15.9. The number of nitrogens with one attached hydrogen (secondary N) is 1. The lowest BCUT2D eigenvalue weighted by molar-refractivity contribution is 0.439. The normalized spacial score (nSPS) is 12.2. The fourth-order valence-corrected chi connectivity index (χ4v) is 3.20. The molecule has 0 bridgehead atoms. The standard InChI is InChI=1S/C17H11BrN2OS/c18-12-6-7-14-11(8-12)9-13-16(21-14)19-15(20-17(13)22)10-4-2-1-3-5-10/h1-8H,9H2,(H,19,20,22). The SMILES string of the molecule is S=c1nc(-c2ccccc2)[nH]c2c1Cc1cc(Br)ccc1O2. The average Bonchev–Trinajstić information content (AvgIpc) is 2.54. The smallest absolute Gasteiger partial charge is 0.205 e. The van der Waals surface area contributed by atoms with Crippen LogP contribution in [0.2, 0.25) is 0 Å². The Kier molecular flexibility index (Phi) is 3.32. The molecule has 0 fully saturated rings. The Morgan fingerprint density at radius 2 is 1.95 bits per heavy atom. The molecule has 0 atom stereocenters. The molecule has 4 rings (SSSR count). The summed E-state index contributed by atoms with van der Waals surface area (Å²) in [5.74, 6) is 2.27. The highest BCUT2D eigenvalue weighted by molar-refractivity contribution is 9.10. The number of H-pyrrole nitrogens is 1. The lowest BCUT2D eigenvalue weighted by atomic mass is 10.0. The first-order valence-corrected chi connectivity index (χ1v) is 8.06. The molecule has 108 valence electrons. The third-order valence-corrected chi connectivity index (χ3v) is 4.46. The first kappa shape index (κ1) is 13.7. The van der Waals surface area contributed by atoms with E-state index in [9.17, 15) is 0 Å². The first-order valence-electron chi connectivity index (χ1n) is 6.85. The van der Waals surface area contributed by atoms with Gasteiger partial charge in [-0.05, 0) is 18.2 Å². The molecule has 3 nitrogen and oxygen atoms in total. The summed E-state index contributed by atoms with van der Waals surface area (Å²) in [6.07, 6.45) is 0.724. The van der Waals surface area contributed by atoms with Gasteiger partial charge >= 0.3 is 0 Å². The number of hydrogen-bond donors (Lipinski definition) is 1. The van der Waals surface area contributed by atoms with Gasteiger partial charge in [0.1, 0.15) is 16.2 Å². The Balaban J connectivity index is 1.83. The second-order valence-corrected chi connectivity index (χ2v) is 6.40. The quantitative estimate of drug-likeness (QED) is 0.464. The number of hydrogen-bond acceptors (Lipinski definition) is 3. The van der Waals surface area contributed by atoms with Crippen molar-refractivity contribution < 1.29 is 4.74 Å². The molecule has 0 unspecified atom stereocenters. The number of aromatic nitrogens is 2. The molecule has 1 aliphatic heterocycles. The van der Waals surface area contributed by atoms with Gasteiger partial charge in [0.25, 0.3) is 0 Å². The van der Waals surface area contributed by atoms with E-state index in [4.69, 9.17) is 17.0 Å².